The van der Waals surface area contributed by atoms with Crippen molar-refractivity contribution in [2.75, 3.05) is 0 Å². The molecule has 138 valence electrons. The highest BCUT2D eigenvalue weighted by molar-refractivity contribution is 7.25. The first-order chi connectivity index (χ1) is 13.5. The van der Waals surface area contributed by atoms with Gasteiger partial charge in [0.05, 0.1) is 11.1 Å². The summed E-state index contributed by atoms with van der Waals surface area (Å²) in [6, 6.07) is 21.9. The average Bonchev–Trinajstić information content (AvgIpc) is 3.38. The van der Waals surface area contributed by atoms with Gasteiger partial charge in [-0.3, -0.25) is 0 Å². The molecule has 0 fully saturated rings. The molecular weight excluding hydrogens is 392 g/mol. The molecule has 6 heteroatoms. The number of benzene rings is 2. The summed E-state index contributed by atoms with van der Waals surface area (Å²) in [5, 5.41) is 18.0. The molecule has 2 aromatic heterocycles. The van der Waals surface area contributed by atoms with E-state index in [4.69, 9.17) is 10.2 Å². The zero-order chi connectivity index (χ0) is 19.7. The summed E-state index contributed by atoms with van der Waals surface area (Å²) in [4.78, 5) is 26.4. The Bertz CT molecular complexity index is 1060. The maximum atomic E-state index is 11.0. The SMILES string of the molecule is O=C(O)c1ccc(-c2ccc(-c3ccc(-c4ccc(C(=O)O)cc4)s3)s2)cc1. The van der Waals surface area contributed by atoms with Gasteiger partial charge >= 0.3 is 11.9 Å². The molecule has 4 rings (SSSR count). The average molecular weight is 406 g/mol. The smallest absolute Gasteiger partial charge is 0.335 e. The van der Waals surface area contributed by atoms with Gasteiger partial charge in [0.25, 0.3) is 0 Å². The third-order valence-electron chi connectivity index (χ3n) is 4.29. The van der Waals surface area contributed by atoms with Crippen molar-refractivity contribution >= 4 is 34.6 Å². The largest absolute Gasteiger partial charge is 0.478 e. The molecule has 0 aliphatic carbocycles. The highest BCUT2D eigenvalue weighted by Gasteiger charge is 2.10. The Morgan fingerprint density at radius 2 is 0.821 bits per heavy atom. The Labute approximate surface area is 169 Å². The maximum Gasteiger partial charge on any atom is 0.335 e. The molecule has 2 aromatic carbocycles. The van der Waals surface area contributed by atoms with Crippen LogP contribution in [-0.4, -0.2) is 22.2 Å². The number of hydrogen-bond donors (Lipinski definition) is 2. The van der Waals surface area contributed by atoms with E-state index in [-0.39, 0.29) is 11.1 Å². The van der Waals surface area contributed by atoms with Gasteiger partial charge in [-0.1, -0.05) is 24.3 Å². The lowest BCUT2D eigenvalue weighted by Gasteiger charge is -1.99. The van der Waals surface area contributed by atoms with E-state index in [9.17, 15) is 9.59 Å². The van der Waals surface area contributed by atoms with Gasteiger partial charge in [0.15, 0.2) is 0 Å². The quantitative estimate of drug-likeness (QED) is 0.413. The fourth-order valence-corrected chi connectivity index (χ4v) is 4.92. The van der Waals surface area contributed by atoms with Crippen molar-refractivity contribution in [3.63, 3.8) is 0 Å². The summed E-state index contributed by atoms with van der Waals surface area (Å²) in [7, 11) is 0. The maximum absolute atomic E-state index is 11.0. The number of carbonyl (C=O) groups is 2. The molecule has 28 heavy (non-hydrogen) atoms. The summed E-state index contributed by atoms with van der Waals surface area (Å²) in [6.07, 6.45) is 0. The highest BCUT2D eigenvalue weighted by atomic mass is 32.1. The summed E-state index contributed by atoms with van der Waals surface area (Å²) in [6.45, 7) is 0. The van der Waals surface area contributed by atoms with Crippen LogP contribution in [0.1, 0.15) is 20.7 Å². The van der Waals surface area contributed by atoms with Crippen molar-refractivity contribution in [1.82, 2.24) is 0 Å². The Balaban J connectivity index is 1.57. The molecule has 0 aliphatic heterocycles. The molecule has 0 bridgehead atoms. The van der Waals surface area contributed by atoms with Crippen LogP contribution >= 0.6 is 22.7 Å². The van der Waals surface area contributed by atoms with E-state index in [1.54, 1.807) is 46.9 Å². The Morgan fingerprint density at radius 1 is 0.500 bits per heavy atom. The molecule has 0 saturated heterocycles. The minimum Gasteiger partial charge on any atom is -0.478 e. The number of rotatable bonds is 5. The van der Waals surface area contributed by atoms with Gasteiger partial charge in [-0.05, 0) is 59.7 Å². The molecule has 0 atom stereocenters. The lowest BCUT2D eigenvalue weighted by atomic mass is 10.1. The normalized spacial score (nSPS) is 10.7. The molecule has 0 aliphatic rings. The lowest BCUT2D eigenvalue weighted by molar-refractivity contribution is 0.0686. The zero-order valence-electron chi connectivity index (χ0n) is 14.5. The molecule has 4 aromatic rings. The van der Waals surface area contributed by atoms with Crippen molar-refractivity contribution in [2.24, 2.45) is 0 Å². The molecule has 0 radical (unpaired) electrons. The summed E-state index contributed by atoms with van der Waals surface area (Å²) in [5.41, 5.74) is 2.53. The van der Waals surface area contributed by atoms with Crippen molar-refractivity contribution in [1.29, 1.82) is 0 Å². The van der Waals surface area contributed by atoms with Crippen LogP contribution in [0.15, 0.2) is 72.8 Å². The van der Waals surface area contributed by atoms with E-state index >= 15 is 0 Å². The van der Waals surface area contributed by atoms with Crippen LogP contribution in [0, 0.1) is 0 Å². The Hall–Kier alpha value is -3.22. The van der Waals surface area contributed by atoms with E-state index in [2.05, 4.69) is 12.1 Å². The minimum atomic E-state index is -0.930. The van der Waals surface area contributed by atoms with Crippen LogP contribution in [-0.2, 0) is 0 Å². The van der Waals surface area contributed by atoms with Crippen molar-refractivity contribution in [3.05, 3.63) is 83.9 Å². The first-order valence-corrected chi connectivity index (χ1v) is 10.0. The minimum absolute atomic E-state index is 0.275. The van der Waals surface area contributed by atoms with E-state index in [0.717, 1.165) is 30.6 Å². The van der Waals surface area contributed by atoms with Crippen LogP contribution < -0.4 is 0 Å². The van der Waals surface area contributed by atoms with Gasteiger partial charge in [0.2, 0.25) is 0 Å². The number of carboxylic acids is 2. The third-order valence-corrected chi connectivity index (χ3v) is 6.75. The molecule has 0 saturated carbocycles. The second-order valence-corrected chi connectivity index (χ2v) is 8.26. The molecular formula is C22H14O4S2. The number of hydrogen-bond acceptors (Lipinski definition) is 4. The van der Waals surface area contributed by atoms with Crippen molar-refractivity contribution in [2.45, 2.75) is 0 Å². The molecule has 0 amide bonds. The number of thiophene rings is 2. The van der Waals surface area contributed by atoms with Gasteiger partial charge in [0, 0.05) is 19.5 Å². The zero-order valence-corrected chi connectivity index (χ0v) is 16.1. The molecule has 0 unspecified atom stereocenters. The molecule has 4 nitrogen and oxygen atoms in total. The second kappa shape index (κ2) is 7.42. The first kappa shape index (κ1) is 18.2. The fraction of sp³-hybridized carbons (Fsp3) is 0. The molecule has 2 N–H and O–H groups in total. The predicted octanol–water partition coefficient (Wildman–Crippen LogP) is 6.21. The predicted molar refractivity (Wildman–Crippen MR) is 112 cm³/mol. The standard InChI is InChI=1S/C22H14O4S2/c23-21(24)15-5-1-13(2-6-15)17-9-11-19(27-17)20-12-10-18(28-20)14-3-7-16(8-4-14)22(25)26/h1-12H,(H,23,24)(H,25,26). The molecule has 2 heterocycles. The summed E-state index contributed by atoms with van der Waals surface area (Å²) in [5.74, 6) is -1.86. The summed E-state index contributed by atoms with van der Waals surface area (Å²) < 4.78 is 0. The lowest BCUT2D eigenvalue weighted by Crippen LogP contribution is -1.94. The van der Waals surface area contributed by atoms with Gasteiger partial charge in [-0.25, -0.2) is 9.59 Å². The van der Waals surface area contributed by atoms with E-state index in [1.807, 2.05) is 36.4 Å². The monoisotopic (exact) mass is 406 g/mol. The van der Waals surface area contributed by atoms with Crippen LogP contribution in [0.5, 0.6) is 0 Å². The Morgan fingerprint density at radius 3 is 1.14 bits per heavy atom. The van der Waals surface area contributed by atoms with E-state index in [0.29, 0.717) is 0 Å². The van der Waals surface area contributed by atoms with Crippen molar-refractivity contribution < 1.29 is 19.8 Å². The Kier molecular flexibility index (Phi) is 4.81. The topological polar surface area (TPSA) is 74.6 Å². The van der Waals surface area contributed by atoms with Gasteiger partial charge in [0.1, 0.15) is 0 Å². The number of aromatic carboxylic acids is 2. The van der Waals surface area contributed by atoms with Crippen LogP contribution in [0.2, 0.25) is 0 Å². The van der Waals surface area contributed by atoms with Gasteiger partial charge in [-0.15, -0.1) is 22.7 Å². The van der Waals surface area contributed by atoms with Crippen LogP contribution in [0.4, 0.5) is 0 Å². The second-order valence-electron chi connectivity index (χ2n) is 6.09. The van der Waals surface area contributed by atoms with Crippen LogP contribution in [0.25, 0.3) is 30.6 Å². The highest BCUT2D eigenvalue weighted by Crippen LogP contribution is 2.40. The molecule has 0 spiro atoms. The number of carboxylic acid groups (broad SMARTS) is 2. The first-order valence-electron chi connectivity index (χ1n) is 8.39. The summed E-state index contributed by atoms with van der Waals surface area (Å²) >= 11 is 3.31. The van der Waals surface area contributed by atoms with Crippen molar-refractivity contribution in [3.8, 4) is 30.6 Å². The van der Waals surface area contributed by atoms with Crippen LogP contribution in [0.3, 0.4) is 0 Å². The van der Waals surface area contributed by atoms with Gasteiger partial charge in [-0.2, -0.15) is 0 Å². The van der Waals surface area contributed by atoms with E-state index in [1.165, 1.54) is 0 Å². The van der Waals surface area contributed by atoms with E-state index < -0.39 is 11.9 Å². The fourth-order valence-electron chi connectivity index (χ4n) is 2.81. The third kappa shape index (κ3) is 3.60. The van der Waals surface area contributed by atoms with Gasteiger partial charge < -0.3 is 10.2 Å².